The Bertz CT molecular complexity index is 673. The van der Waals surface area contributed by atoms with Crippen LogP contribution in [0.3, 0.4) is 0 Å². The first-order valence-electron chi connectivity index (χ1n) is 5.44. The van der Waals surface area contributed by atoms with Crippen molar-refractivity contribution in [3.05, 3.63) is 55.8 Å². The quantitative estimate of drug-likeness (QED) is 0.480. The highest BCUT2D eigenvalue weighted by Gasteiger charge is 2.16. The van der Waals surface area contributed by atoms with E-state index in [1.54, 1.807) is 12.1 Å². The van der Waals surface area contributed by atoms with Crippen LogP contribution in [0.2, 0.25) is 0 Å². The summed E-state index contributed by atoms with van der Waals surface area (Å²) in [5, 5.41) is 13.3. The van der Waals surface area contributed by atoms with Crippen molar-refractivity contribution in [2.24, 2.45) is 0 Å². The first-order valence-corrected chi connectivity index (χ1v) is 6.52. The third-order valence-electron chi connectivity index (χ3n) is 2.46. The second-order valence-electron chi connectivity index (χ2n) is 3.84. The Morgan fingerprint density at radius 1 is 1.35 bits per heavy atom. The average molecular weight is 384 g/mol. The number of nitrogen functional groups attached to an aromatic ring is 1. The number of rotatable bonds is 3. The molecule has 2 aromatic rings. The predicted octanol–water partition coefficient (Wildman–Crippen LogP) is 2.43. The van der Waals surface area contributed by atoms with Gasteiger partial charge < -0.3 is 11.1 Å². The highest BCUT2D eigenvalue weighted by atomic mass is 127. The summed E-state index contributed by atoms with van der Waals surface area (Å²) in [5.74, 6) is -0.599. The van der Waals surface area contributed by atoms with Crippen LogP contribution in [0.1, 0.15) is 10.4 Å². The lowest BCUT2D eigenvalue weighted by molar-refractivity contribution is -0.385. The minimum absolute atomic E-state index is 0.0299. The van der Waals surface area contributed by atoms with Crippen molar-refractivity contribution >= 4 is 45.7 Å². The molecule has 0 fully saturated rings. The number of pyridine rings is 1. The molecule has 1 heterocycles. The molecule has 1 amide bonds. The Hall–Kier alpha value is -2.23. The van der Waals surface area contributed by atoms with E-state index in [1.807, 2.05) is 12.1 Å². The molecule has 0 aliphatic rings. The fraction of sp³-hybridized carbons (Fsp3) is 0. The van der Waals surface area contributed by atoms with E-state index in [2.05, 4.69) is 32.9 Å². The van der Waals surface area contributed by atoms with E-state index in [4.69, 9.17) is 5.73 Å². The van der Waals surface area contributed by atoms with Gasteiger partial charge in [0.1, 0.15) is 12.0 Å². The summed E-state index contributed by atoms with van der Waals surface area (Å²) in [7, 11) is 0. The normalized spacial score (nSPS) is 10.1. The van der Waals surface area contributed by atoms with Crippen molar-refractivity contribution < 1.29 is 9.72 Å². The van der Waals surface area contributed by atoms with Gasteiger partial charge in [-0.05, 0) is 46.9 Å². The molecule has 102 valence electrons. The molecule has 0 aliphatic heterocycles. The van der Waals surface area contributed by atoms with Gasteiger partial charge in [0.2, 0.25) is 0 Å². The number of halogens is 1. The number of aromatic nitrogens is 1. The summed E-state index contributed by atoms with van der Waals surface area (Å²) in [6.07, 6.45) is 1.01. The van der Waals surface area contributed by atoms with Crippen molar-refractivity contribution in [1.29, 1.82) is 0 Å². The zero-order valence-electron chi connectivity index (χ0n) is 10.0. The first kappa shape index (κ1) is 14.2. The van der Waals surface area contributed by atoms with Crippen LogP contribution in [0.4, 0.5) is 17.2 Å². The lowest BCUT2D eigenvalue weighted by atomic mass is 10.2. The third kappa shape index (κ3) is 3.20. The number of nitrogens with two attached hydrogens (primary N) is 1. The number of amides is 1. The standard InChI is InChI=1S/C12H9IN4O3/c13-7-1-3-8(4-2-7)16-12(18)10-5-9(17(19)20)6-15-11(10)14/h1-6H,(H2,14,15)(H,16,18). The second-order valence-corrected chi connectivity index (χ2v) is 5.09. The molecule has 0 bridgehead atoms. The molecular weight excluding hydrogens is 375 g/mol. The second kappa shape index (κ2) is 5.82. The Morgan fingerprint density at radius 3 is 2.60 bits per heavy atom. The van der Waals surface area contributed by atoms with E-state index in [9.17, 15) is 14.9 Å². The van der Waals surface area contributed by atoms with E-state index in [1.165, 1.54) is 0 Å². The lowest BCUT2D eigenvalue weighted by Gasteiger charge is -2.06. The number of hydrogen-bond acceptors (Lipinski definition) is 5. The molecule has 7 nitrogen and oxygen atoms in total. The van der Waals surface area contributed by atoms with E-state index in [0.717, 1.165) is 15.8 Å². The van der Waals surface area contributed by atoms with Crippen LogP contribution in [0, 0.1) is 13.7 Å². The largest absolute Gasteiger partial charge is 0.383 e. The zero-order chi connectivity index (χ0) is 14.7. The van der Waals surface area contributed by atoms with Gasteiger partial charge in [-0.15, -0.1) is 0 Å². The number of carbonyl (C=O) groups excluding carboxylic acids is 1. The number of benzene rings is 1. The maximum absolute atomic E-state index is 12.0. The SMILES string of the molecule is Nc1ncc([N+](=O)[O-])cc1C(=O)Nc1ccc(I)cc1. The smallest absolute Gasteiger partial charge is 0.288 e. The number of nitrogens with one attached hydrogen (secondary N) is 1. The topological polar surface area (TPSA) is 111 Å². The summed E-state index contributed by atoms with van der Waals surface area (Å²) in [6, 6.07) is 8.20. The van der Waals surface area contributed by atoms with Gasteiger partial charge in [0.15, 0.2) is 0 Å². The molecule has 20 heavy (non-hydrogen) atoms. The van der Waals surface area contributed by atoms with Crippen LogP contribution in [0.5, 0.6) is 0 Å². The van der Waals surface area contributed by atoms with E-state index < -0.39 is 10.8 Å². The van der Waals surface area contributed by atoms with Crippen LogP contribution in [-0.2, 0) is 0 Å². The van der Waals surface area contributed by atoms with Crippen molar-refractivity contribution in [3.8, 4) is 0 Å². The molecule has 1 aromatic heterocycles. The molecule has 0 aliphatic carbocycles. The Kier molecular flexibility index (Phi) is 4.13. The minimum atomic E-state index is -0.631. The maximum Gasteiger partial charge on any atom is 0.288 e. The summed E-state index contributed by atoms with van der Waals surface area (Å²) in [4.78, 5) is 25.7. The zero-order valence-corrected chi connectivity index (χ0v) is 12.2. The average Bonchev–Trinajstić information content (AvgIpc) is 2.41. The van der Waals surface area contributed by atoms with Gasteiger partial charge in [-0.3, -0.25) is 14.9 Å². The molecule has 1 aromatic carbocycles. The van der Waals surface area contributed by atoms with Crippen molar-refractivity contribution in [1.82, 2.24) is 4.98 Å². The molecule has 0 spiro atoms. The summed E-state index contributed by atoms with van der Waals surface area (Å²) < 4.78 is 1.03. The van der Waals surface area contributed by atoms with Crippen molar-refractivity contribution in [3.63, 3.8) is 0 Å². The van der Waals surface area contributed by atoms with Crippen LogP contribution in [0.15, 0.2) is 36.5 Å². The summed E-state index contributed by atoms with van der Waals surface area (Å²) in [5.41, 5.74) is 5.83. The van der Waals surface area contributed by atoms with Crippen LogP contribution < -0.4 is 11.1 Å². The van der Waals surface area contributed by atoms with Gasteiger partial charge >= 0.3 is 0 Å². The van der Waals surface area contributed by atoms with Gasteiger partial charge in [-0.2, -0.15) is 0 Å². The minimum Gasteiger partial charge on any atom is -0.383 e. The molecule has 0 radical (unpaired) electrons. The van der Waals surface area contributed by atoms with Crippen molar-refractivity contribution in [2.75, 3.05) is 11.1 Å². The Labute approximate surface area is 127 Å². The fourth-order valence-corrected chi connectivity index (χ4v) is 1.84. The number of nitro groups is 1. The molecule has 0 unspecified atom stereocenters. The monoisotopic (exact) mass is 384 g/mol. The van der Waals surface area contributed by atoms with Crippen LogP contribution in [0.25, 0.3) is 0 Å². The van der Waals surface area contributed by atoms with Gasteiger partial charge in [0, 0.05) is 15.3 Å². The molecule has 2 rings (SSSR count). The van der Waals surface area contributed by atoms with Gasteiger partial charge in [0.05, 0.1) is 10.5 Å². The van der Waals surface area contributed by atoms with Crippen molar-refractivity contribution in [2.45, 2.75) is 0 Å². The van der Waals surface area contributed by atoms with E-state index in [0.29, 0.717) is 5.69 Å². The first-order chi connectivity index (χ1) is 9.47. The predicted molar refractivity (Wildman–Crippen MR) is 82.4 cm³/mol. The number of hydrogen-bond donors (Lipinski definition) is 2. The van der Waals surface area contributed by atoms with Crippen LogP contribution >= 0.6 is 22.6 Å². The summed E-state index contributed by atoms with van der Waals surface area (Å²) >= 11 is 2.14. The molecule has 0 atom stereocenters. The Morgan fingerprint density at radius 2 is 2.00 bits per heavy atom. The highest BCUT2D eigenvalue weighted by molar-refractivity contribution is 14.1. The van der Waals surface area contributed by atoms with E-state index in [-0.39, 0.29) is 17.1 Å². The summed E-state index contributed by atoms with van der Waals surface area (Å²) in [6.45, 7) is 0. The number of nitrogens with zero attached hydrogens (tertiary/aromatic N) is 2. The number of carbonyl (C=O) groups is 1. The molecule has 8 heteroatoms. The van der Waals surface area contributed by atoms with E-state index >= 15 is 0 Å². The lowest BCUT2D eigenvalue weighted by Crippen LogP contribution is -2.15. The van der Waals surface area contributed by atoms with Gasteiger partial charge in [-0.25, -0.2) is 4.98 Å². The Balaban J connectivity index is 2.26. The molecular formula is C12H9IN4O3. The molecule has 3 N–H and O–H groups in total. The molecule has 0 saturated carbocycles. The van der Waals surface area contributed by atoms with Crippen LogP contribution in [-0.4, -0.2) is 15.8 Å². The van der Waals surface area contributed by atoms with Gasteiger partial charge in [0.25, 0.3) is 11.6 Å². The fourth-order valence-electron chi connectivity index (χ4n) is 1.48. The molecule has 0 saturated heterocycles. The maximum atomic E-state index is 12.0. The van der Waals surface area contributed by atoms with Gasteiger partial charge in [-0.1, -0.05) is 0 Å². The number of anilines is 2. The third-order valence-corrected chi connectivity index (χ3v) is 3.18. The highest BCUT2D eigenvalue weighted by Crippen LogP contribution is 2.19.